The molecule has 0 unspecified atom stereocenters. The molecule has 0 radical (unpaired) electrons. The average molecular weight is 255 g/mol. The van der Waals surface area contributed by atoms with Gasteiger partial charge in [0, 0.05) is 0 Å². The summed E-state index contributed by atoms with van der Waals surface area (Å²) in [5, 5.41) is 9.97. The van der Waals surface area contributed by atoms with Crippen LogP contribution in [0.4, 0.5) is 0 Å². The largest absolute Gasteiger partial charge is 1.00 e. The second-order valence-electron chi connectivity index (χ2n) is 2.06. The smallest absolute Gasteiger partial charge is 0.545 e. The molecule has 0 N–H and O–H groups in total. The van der Waals surface area contributed by atoms with Crippen LogP contribution in [-0.2, 0) is 27.2 Å². The van der Waals surface area contributed by atoms with Gasteiger partial charge < -0.3 is 9.90 Å². The van der Waals surface area contributed by atoms with E-state index in [-0.39, 0.29) is 22.4 Å². The van der Waals surface area contributed by atoms with Gasteiger partial charge in [-0.1, -0.05) is 36.4 Å². The van der Waals surface area contributed by atoms with Crippen molar-refractivity contribution in [3.05, 3.63) is 42.0 Å². The van der Waals surface area contributed by atoms with Gasteiger partial charge in [0.15, 0.2) is 0 Å². The summed E-state index contributed by atoms with van der Waals surface area (Å²) in [4.78, 5) is 9.97. The zero-order chi connectivity index (χ0) is 8.10. The van der Waals surface area contributed by atoms with Crippen molar-refractivity contribution in [2.24, 2.45) is 0 Å². The van der Waals surface area contributed by atoms with Crippen molar-refractivity contribution in [2.75, 3.05) is 0 Å². The minimum absolute atomic E-state index is 0. The van der Waals surface area contributed by atoms with E-state index in [2.05, 4.69) is 0 Å². The van der Waals surface area contributed by atoms with Crippen molar-refractivity contribution < 1.29 is 32.3 Å². The Morgan fingerprint density at radius 1 is 1.25 bits per heavy atom. The Kier molecular flexibility index (Phi) is 5.37. The molecule has 0 heterocycles. The normalized spacial score (nSPS) is 9.33. The van der Waals surface area contributed by atoms with Crippen LogP contribution in [0.5, 0.6) is 0 Å². The number of aliphatic carboxylic acids is 1. The first-order valence-electron chi connectivity index (χ1n) is 3.23. The van der Waals surface area contributed by atoms with Gasteiger partial charge in [-0.05, 0) is 11.6 Å². The Hall–Kier alpha value is -0.830. The summed E-state index contributed by atoms with van der Waals surface area (Å²) in [6.07, 6.45) is 2.50. The summed E-state index contributed by atoms with van der Waals surface area (Å²) < 4.78 is 0. The van der Waals surface area contributed by atoms with Crippen LogP contribution in [-0.4, -0.2) is 5.97 Å². The van der Waals surface area contributed by atoms with Gasteiger partial charge in [-0.25, -0.2) is 0 Å². The Morgan fingerprint density at radius 3 is 2.33 bits per heavy atom. The van der Waals surface area contributed by atoms with Gasteiger partial charge in [0.05, 0.1) is 5.97 Å². The number of rotatable bonds is 2. The summed E-state index contributed by atoms with van der Waals surface area (Å²) in [6, 6.07) is 9.19. The molecule has 0 aliphatic rings. The fourth-order valence-corrected chi connectivity index (χ4v) is 0.728. The molecule has 0 aliphatic heterocycles. The molecular weight excluding hydrogens is 248 g/mol. The van der Waals surface area contributed by atoms with Crippen molar-refractivity contribution in [1.29, 1.82) is 0 Å². The standard InChI is InChI=1S/C9H8O2.Ag/c10-9(11)7-6-8-4-2-1-3-5-8;/h1-7H,(H,10,11);/q;+1/p-1/b7-6+;. The molecule has 66 valence electrons. The maximum Gasteiger partial charge on any atom is 1.00 e. The molecule has 0 aromatic heterocycles. The molecule has 0 saturated heterocycles. The third-order valence-corrected chi connectivity index (χ3v) is 1.21. The van der Waals surface area contributed by atoms with Crippen LogP contribution in [0, 0.1) is 0 Å². The Morgan fingerprint density at radius 2 is 1.83 bits per heavy atom. The number of carbonyl (C=O) groups is 1. The van der Waals surface area contributed by atoms with Gasteiger partial charge in [-0.2, -0.15) is 0 Å². The molecule has 3 heteroatoms. The van der Waals surface area contributed by atoms with Crippen molar-refractivity contribution >= 4 is 12.0 Å². The van der Waals surface area contributed by atoms with E-state index in [4.69, 9.17) is 0 Å². The van der Waals surface area contributed by atoms with Crippen LogP contribution in [0.2, 0.25) is 0 Å². The summed E-state index contributed by atoms with van der Waals surface area (Å²) in [5.74, 6) is -1.17. The molecule has 0 bridgehead atoms. The second-order valence-corrected chi connectivity index (χ2v) is 2.06. The van der Waals surface area contributed by atoms with Crippen LogP contribution in [0.25, 0.3) is 6.08 Å². The van der Waals surface area contributed by atoms with Gasteiger partial charge >= 0.3 is 22.4 Å². The minimum atomic E-state index is -1.17. The molecule has 0 aliphatic carbocycles. The Bertz CT molecular complexity index is 267. The molecule has 0 amide bonds. The minimum Gasteiger partial charge on any atom is -0.545 e. The number of carboxylic acids is 1. The summed E-state index contributed by atoms with van der Waals surface area (Å²) in [7, 11) is 0. The maximum absolute atomic E-state index is 9.97. The third kappa shape index (κ3) is 4.13. The van der Waals surface area contributed by atoms with Gasteiger partial charge in [0.1, 0.15) is 0 Å². The molecule has 1 rings (SSSR count). The molecular formula is C9H7AgO2. The Labute approximate surface area is 86.4 Å². The number of hydrogen-bond acceptors (Lipinski definition) is 2. The quantitative estimate of drug-likeness (QED) is 0.568. The van der Waals surface area contributed by atoms with E-state index in [0.29, 0.717) is 0 Å². The second kappa shape index (κ2) is 5.77. The molecule has 0 spiro atoms. The fourth-order valence-electron chi connectivity index (χ4n) is 0.728. The predicted molar refractivity (Wildman–Crippen MR) is 40.5 cm³/mol. The SMILES string of the molecule is O=C([O-])/C=C/c1ccccc1.[Ag+]. The van der Waals surface area contributed by atoms with E-state index in [0.717, 1.165) is 11.6 Å². The Balaban J connectivity index is 0.00000121. The third-order valence-electron chi connectivity index (χ3n) is 1.21. The first-order chi connectivity index (χ1) is 5.29. The first-order valence-corrected chi connectivity index (χ1v) is 3.23. The number of carbonyl (C=O) groups excluding carboxylic acids is 1. The van der Waals surface area contributed by atoms with Crippen LogP contribution in [0.15, 0.2) is 36.4 Å². The van der Waals surface area contributed by atoms with E-state index in [1.807, 2.05) is 30.3 Å². The summed E-state index contributed by atoms with van der Waals surface area (Å²) >= 11 is 0. The molecule has 12 heavy (non-hydrogen) atoms. The van der Waals surface area contributed by atoms with E-state index >= 15 is 0 Å². The van der Waals surface area contributed by atoms with E-state index in [1.165, 1.54) is 6.08 Å². The van der Waals surface area contributed by atoms with Gasteiger partial charge in [-0.3, -0.25) is 0 Å². The van der Waals surface area contributed by atoms with Crippen LogP contribution < -0.4 is 5.11 Å². The van der Waals surface area contributed by atoms with Crippen molar-refractivity contribution in [3.8, 4) is 0 Å². The predicted octanol–water partition coefficient (Wildman–Crippen LogP) is 0.447. The molecule has 0 atom stereocenters. The number of carboxylic acid groups (broad SMARTS) is 1. The zero-order valence-corrected chi connectivity index (χ0v) is 7.64. The van der Waals surface area contributed by atoms with E-state index < -0.39 is 5.97 Å². The van der Waals surface area contributed by atoms with E-state index in [9.17, 15) is 9.90 Å². The van der Waals surface area contributed by atoms with Crippen LogP contribution >= 0.6 is 0 Å². The molecule has 1 aromatic rings. The monoisotopic (exact) mass is 254 g/mol. The van der Waals surface area contributed by atoms with E-state index in [1.54, 1.807) is 0 Å². The number of hydrogen-bond donors (Lipinski definition) is 0. The van der Waals surface area contributed by atoms with Crippen LogP contribution in [0.3, 0.4) is 0 Å². The molecule has 0 fully saturated rings. The van der Waals surface area contributed by atoms with Crippen LogP contribution in [0.1, 0.15) is 5.56 Å². The molecule has 1 aromatic carbocycles. The van der Waals surface area contributed by atoms with Crippen molar-refractivity contribution in [2.45, 2.75) is 0 Å². The fraction of sp³-hybridized carbons (Fsp3) is 0. The van der Waals surface area contributed by atoms with Crippen molar-refractivity contribution in [3.63, 3.8) is 0 Å². The molecule has 2 nitrogen and oxygen atoms in total. The maximum atomic E-state index is 9.97. The van der Waals surface area contributed by atoms with Gasteiger partial charge in [0.2, 0.25) is 0 Å². The number of benzene rings is 1. The first kappa shape index (κ1) is 11.2. The van der Waals surface area contributed by atoms with Crippen molar-refractivity contribution in [1.82, 2.24) is 0 Å². The zero-order valence-electron chi connectivity index (χ0n) is 6.16. The summed E-state index contributed by atoms with van der Waals surface area (Å²) in [5.41, 5.74) is 0.858. The summed E-state index contributed by atoms with van der Waals surface area (Å²) in [6.45, 7) is 0. The molecule has 0 saturated carbocycles. The topological polar surface area (TPSA) is 40.1 Å². The average Bonchev–Trinajstić information content (AvgIpc) is 2.03. The van der Waals surface area contributed by atoms with Gasteiger partial charge in [0.25, 0.3) is 0 Å². The van der Waals surface area contributed by atoms with Gasteiger partial charge in [-0.15, -0.1) is 0 Å².